The van der Waals surface area contributed by atoms with Crippen molar-refractivity contribution >= 4 is 27.8 Å². The molecule has 0 saturated carbocycles. The van der Waals surface area contributed by atoms with Gasteiger partial charge in [-0.25, -0.2) is 0 Å². The zero-order valence-corrected chi connectivity index (χ0v) is 14.4. The largest absolute Gasteiger partial charge is 0.504 e. The van der Waals surface area contributed by atoms with Crippen LogP contribution in [0.2, 0.25) is 0 Å². The van der Waals surface area contributed by atoms with Crippen molar-refractivity contribution in [1.29, 1.82) is 0 Å². The highest BCUT2D eigenvalue weighted by Crippen LogP contribution is 2.44. The summed E-state index contributed by atoms with van der Waals surface area (Å²) in [5, 5.41) is 19.3. The van der Waals surface area contributed by atoms with Gasteiger partial charge in [-0.05, 0) is 35.9 Å². The van der Waals surface area contributed by atoms with Crippen LogP contribution in [-0.4, -0.2) is 30.2 Å². The molecule has 0 aliphatic carbocycles. The van der Waals surface area contributed by atoms with E-state index < -0.39 is 5.75 Å². The summed E-state index contributed by atoms with van der Waals surface area (Å²) in [6.07, 6.45) is 1.52. The monoisotopic (exact) mass is 392 g/mol. The van der Waals surface area contributed by atoms with Crippen molar-refractivity contribution in [2.24, 2.45) is 0 Å². The van der Waals surface area contributed by atoms with E-state index in [4.69, 9.17) is 14.2 Å². The summed E-state index contributed by atoms with van der Waals surface area (Å²) in [4.78, 5) is 12.4. The molecule has 124 valence electrons. The molecule has 0 radical (unpaired) electrons. The summed E-state index contributed by atoms with van der Waals surface area (Å²) in [5.74, 6) is -0.193. The number of phenolic OH excluding ortho intramolecular Hbond substituents is 2. The fraction of sp³-hybridized carbons (Fsp3) is 0.118. The molecule has 2 N–H and O–H groups in total. The molecule has 3 rings (SSSR count). The van der Waals surface area contributed by atoms with Gasteiger partial charge in [0.2, 0.25) is 11.5 Å². The number of halogens is 1. The molecular weight excluding hydrogens is 380 g/mol. The highest BCUT2D eigenvalue weighted by atomic mass is 79.9. The molecule has 1 heterocycles. The first-order chi connectivity index (χ1) is 11.5. The topological polar surface area (TPSA) is 85.2 Å². The van der Waals surface area contributed by atoms with Crippen molar-refractivity contribution in [2.45, 2.75) is 0 Å². The van der Waals surface area contributed by atoms with Gasteiger partial charge in [0.15, 0.2) is 28.8 Å². The number of Topliss-reactive ketones (excluding diaryl/α,β-unsaturated/α-hetero) is 1. The first kappa shape index (κ1) is 16.2. The van der Waals surface area contributed by atoms with Gasteiger partial charge in [-0.15, -0.1) is 0 Å². The Balaban J connectivity index is 2.05. The molecule has 0 saturated heterocycles. The molecule has 0 fully saturated rings. The van der Waals surface area contributed by atoms with Gasteiger partial charge in [0, 0.05) is 4.47 Å². The van der Waals surface area contributed by atoms with Gasteiger partial charge in [0.25, 0.3) is 0 Å². The zero-order valence-electron chi connectivity index (χ0n) is 12.8. The summed E-state index contributed by atoms with van der Waals surface area (Å²) in [6, 6.07) is 6.04. The molecule has 1 aliphatic heterocycles. The van der Waals surface area contributed by atoms with E-state index in [1.54, 1.807) is 12.1 Å². The standard InChI is InChI=1S/C17H13BrO6/c1-22-12-5-8(10(18)7-13(12)23-2)6-14-15(20)9-3-4-11(19)16(21)17(9)24-14/h3-7,19,21H,1-2H3/b14-6-. The fourth-order valence-electron chi connectivity index (χ4n) is 2.35. The third-order valence-electron chi connectivity index (χ3n) is 3.58. The summed E-state index contributed by atoms with van der Waals surface area (Å²) in [7, 11) is 3.04. The van der Waals surface area contributed by atoms with E-state index in [0.29, 0.717) is 21.5 Å². The fourth-order valence-corrected chi connectivity index (χ4v) is 2.79. The lowest BCUT2D eigenvalue weighted by Gasteiger charge is -2.10. The number of carbonyl (C=O) groups excluding carboxylic acids is 1. The van der Waals surface area contributed by atoms with Crippen LogP contribution >= 0.6 is 15.9 Å². The van der Waals surface area contributed by atoms with Crippen LogP contribution in [0.15, 0.2) is 34.5 Å². The lowest BCUT2D eigenvalue weighted by Crippen LogP contribution is -1.99. The number of hydrogen-bond acceptors (Lipinski definition) is 6. The number of aromatic hydroxyl groups is 2. The van der Waals surface area contributed by atoms with Gasteiger partial charge in [-0.2, -0.15) is 0 Å². The Labute approximate surface area is 146 Å². The average Bonchev–Trinajstić information content (AvgIpc) is 2.89. The normalized spacial score (nSPS) is 14.5. The first-order valence-corrected chi connectivity index (χ1v) is 7.66. The number of carbonyl (C=O) groups is 1. The minimum atomic E-state index is -0.462. The minimum absolute atomic E-state index is 0.0267. The Morgan fingerprint density at radius 2 is 1.79 bits per heavy atom. The van der Waals surface area contributed by atoms with Crippen LogP contribution in [0.1, 0.15) is 15.9 Å². The van der Waals surface area contributed by atoms with Crippen LogP contribution in [-0.2, 0) is 0 Å². The average molecular weight is 393 g/mol. The Hall–Kier alpha value is -2.67. The van der Waals surface area contributed by atoms with Gasteiger partial charge in [-0.1, -0.05) is 15.9 Å². The summed E-state index contributed by atoms with van der Waals surface area (Å²) < 4.78 is 16.6. The number of hydrogen-bond donors (Lipinski definition) is 2. The predicted molar refractivity (Wildman–Crippen MR) is 90.0 cm³/mol. The SMILES string of the molecule is COc1cc(Br)c(/C=C2\Oc3c(ccc(O)c3O)C2=O)cc1OC. The molecule has 1 aliphatic rings. The Bertz CT molecular complexity index is 872. The number of fused-ring (bicyclic) bond motifs is 1. The molecule has 2 aromatic rings. The van der Waals surface area contributed by atoms with E-state index in [9.17, 15) is 15.0 Å². The van der Waals surface area contributed by atoms with Crippen molar-refractivity contribution in [2.75, 3.05) is 14.2 Å². The van der Waals surface area contributed by atoms with Crippen molar-refractivity contribution in [3.63, 3.8) is 0 Å². The molecule has 0 spiro atoms. The Morgan fingerprint density at radius 1 is 1.12 bits per heavy atom. The molecule has 0 unspecified atom stereocenters. The lowest BCUT2D eigenvalue weighted by atomic mass is 10.1. The maximum absolute atomic E-state index is 12.4. The van der Waals surface area contributed by atoms with Crippen LogP contribution in [0, 0.1) is 0 Å². The van der Waals surface area contributed by atoms with Gasteiger partial charge < -0.3 is 24.4 Å². The predicted octanol–water partition coefficient (Wildman–Crippen LogP) is 3.49. The molecule has 0 atom stereocenters. The Morgan fingerprint density at radius 3 is 2.46 bits per heavy atom. The molecule has 24 heavy (non-hydrogen) atoms. The molecule has 2 aromatic carbocycles. The number of phenols is 2. The highest BCUT2D eigenvalue weighted by Gasteiger charge is 2.31. The van der Waals surface area contributed by atoms with E-state index in [2.05, 4.69) is 15.9 Å². The molecule has 0 amide bonds. The van der Waals surface area contributed by atoms with Crippen LogP contribution < -0.4 is 14.2 Å². The maximum atomic E-state index is 12.4. The van der Waals surface area contributed by atoms with E-state index in [0.717, 1.165) is 0 Å². The van der Waals surface area contributed by atoms with E-state index in [-0.39, 0.29) is 28.6 Å². The van der Waals surface area contributed by atoms with Crippen molar-refractivity contribution in [3.8, 4) is 28.7 Å². The van der Waals surface area contributed by atoms with E-state index >= 15 is 0 Å². The second-order valence-corrected chi connectivity index (χ2v) is 5.83. The molecule has 0 aromatic heterocycles. The zero-order chi connectivity index (χ0) is 17.4. The minimum Gasteiger partial charge on any atom is -0.504 e. The smallest absolute Gasteiger partial charge is 0.232 e. The second kappa shape index (κ2) is 6.09. The van der Waals surface area contributed by atoms with Gasteiger partial charge in [0.1, 0.15) is 0 Å². The van der Waals surface area contributed by atoms with Gasteiger partial charge in [0.05, 0.1) is 19.8 Å². The molecular formula is C17H13BrO6. The number of ketones is 1. The van der Waals surface area contributed by atoms with Crippen molar-refractivity contribution in [3.05, 3.63) is 45.6 Å². The first-order valence-electron chi connectivity index (χ1n) is 6.87. The van der Waals surface area contributed by atoms with Crippen molar-refractivity contribution in [1.82, 2.24) is 0 Å². The van der Waals surface area contributed by atoms with Crippen LogP contribution in [0.25, 0.3) is 6.08 Å². The second-order valence-electron chi connectivity index (χ2n) is 4.98. The van der Waals surface area contributed by atoms with Crippen molar-refractivity contribution < 1.29 is 29.2 Å². The molecule has 0 bridgehead atoms. The van der Waals surface area contributed by atoms with Crippen LogP contribution in [0.3, 0.4) is 0 Å². The Kier molecular flexibility index (Phi) is 4.11. The van der Waals surface area contributed by atoms with E-state index in [1.807, 2.05) is 0 Å². The van der Waals surface area contributed by atoms with Crippen LogP contribution in [0.5, 0.6) is 28.7 Å². The lowest BCUT2D eigenvalue weighted by molar-refractivity contribution is 0.101. The molecule has 7 heteroatoms. The van der Waals surface area contributed by atoms with E-state index in [1.165, 1.54) is 32.4 Å². The highest BCUT2D eigenvalue weighted by molar-refractivity contribution is 9.10. The number of ether oxygens (including phenoxy) is 3. The van der Waals surface area contributed by atoms with Gasteiger partial charge in [-0.3, -0.25) is 4.79 Å². The third-order valence-corrected chi connectivity index (χ3v) is 4.27. The molecule has 6 nitrogen and oxygen atoms in total. The quantitative estimate of drug-likeness (QED) is 0.614. The summed E-state index contributed by atoms with van der Waals surface area (Å²) in [6.45, 7) is 0. The van der Waals surface area contributed by atoms with Gasteiger partial charge >= 0.3 is 0 Å². The number of methoxy groups -OCH3 is 2. The number of rotatable bonds is 3. The number of allylic oxidation sites excluding steroid dienone is 1. The number of benzene rings is 2. The third kappa shape index (κ3) is 2.56. The van der Waals surface area contributed by atoms with Crippen LogP contribution in [0.4, 0.5) is 0 Å². The maximum Gasteiger partial charge on any atom is 0.232 e. The summed E-state index contributed by atoms with van der Waals surface area (Å²) in [5.41, 5.74) is 0.820. The summed E-state index contributed by atoms with van der Waals surface area (Å²) >= 11 is 3.40.